The number of hydrogen-bond acceptors (Lipinski definition) is 4. The van der Waals surface area contributed by atoms with E-state index < -0.39 is 0 Å². The summed E-state index contributed by atoms with van der Waals surface area (Å²) in [5.74, 6) is 0.527. The van der Waals surface area contributed by atoms with Gasteiger partial charge < -0.3 is 5.32 Å². The van der Waals surface area contributed by atoms with Gasteiger partial charge in [-0.1, -0.05) is 31.2 Å². The van der Waals surface area contributed by atoms with E-state index in [2.05, 4.69) is 52.8 Å². The highest BCUT2D eigenvalue weighted by Crippen LogP contribution is 2.11. The Bertz CT molecular complexity index is 555. The molecular weight excluding hydrogens is 224 g/mol. The third kappa shape index (κ3) is 2.83. The van der Waals surface area contributed by atoms with Gasteiger partial charge in [0.25, 0.3) is 0 Å². The summed E-state index contributed by atoms with van der Waals surface area (Å²) >= 11 is 0. The molecule has 0 saturated carbocycles. The third-order valence-corrected chi connectivity index (χ3v) is 2.73. The molecule has 4 nitrogen and oxygen atoms in total. The average molecular weight is 238 g/mol. The van der Waals surface area contributed by atoms with Crippen LogP contribution < -0.4 is 5.32 Å². The molecule has 0 aliphatic carbocycles. The molecule has 2 rings (SSSR count). The highest BCUT2D eigenvalue weighted by molar-refractivity contribution is 5.50. The minimum Gasteiger partial charge on any atom is -0.363 e. The van der Waals surface area contributed by atoms with Crippen LogP contribution in [0, 0.1) is 11.3 Å². The molecular formula is C14H14N4. The largest absolute Gasteiger partial charge is 0.363 e. The monoisotopic (exact) mass is 238 g/mol. The molecule has 0 aliphatic heterocycles. The second-order valence-electron chi connectivity index (χ2n) is 3.93. The zero-order chi connectivity index (χ0) is 12.8. The van der Waals surface area contributed by atoms with Gasteiger partial charge in [0, 0.05) is 6.54 Å². The van der Waals surface area contributed by atoms with Crippen LogP contribution in [0.4, 0.5) is 5.82 Å². The van der Waals surface area contributed by atoms with E-state index >= 15 is 0 Å². The van der Waals surface area contributed by atoms with Crippen molar-refractivity contribution in [2.75, 3.05) is 5.32 Å². The number of nitrogens with one attached hydrogen (secondary N) is 1. The smallest absolute Gasteiger partial charge is 0.166 e. The molecule has 0 atom stereocenters. The standard InChI is InChI=1S/C14H14N4/c1-2-11-3-5-12(6-4-11)10-16-14-13(9-15)7-8-17-18-14/h3-8H,2,10H2,1H3,(H,16,18). The van der Waals surface area contributed by atoms with E-state index in [9.17, 15) is 0 Å². The fourth-order valence-electron chi connectivity index (χ4n) is 1.63. The molecule has 1 N–H and O–H groups in total. The number of hydrogen-bond donors (Lipinski definition) is 1. The first-order valence-electron chi connectivity index (χ1n) is 5.87. The predicted octanol–water partition coefficient (Wildman–Crippen LogP) is 2.52. The lowest BCUT2D eigenvalue weighted by molar-refractivity contribution is 0.993. The second kappa shape index (κ2) is 5.78. The Hall–Kier alpha value is -2.41. The fraction of sp³-hybridized carbons (Fsp3) is 0.214. The van der Waals surface area contributed by atoms with Gasteiger partial charge >= 0.3 is 0 Å². The van der Waals surface area contributed by atoms with Crippen LogP contribution in [-0.2, 0) is 13.0 Å². The molecule has 0 radical (unpaired) electrons. The van der Waals surface area contributed by atoms with Crippen molar-refractivity contribution < 1.29 is 0 Å². The number of rotatable bonds is 4. The summed E-state index contributed by atoms with van der Waals surface area (Å²) < 4.78 is 0. The van der Waals surface area contributed by atoms with Crippen LogP contribution in [0.2, 0.25) is 0 Å². The van der Waals surface area contributed by atoms with Crippen LogP contribution in [0.5, 0.6) is 0 Å². The molecule has 0 amide bonds. The normalized spacial score (nSPS) is 9.78. The Labute approximate surface area is 106 Å². The SMILES string of the molecule is CCc1ccc(CNc2nnccc2C#N)cc1. The van der Waals surface area contributed by atoms with Crippen molar-refractivity contribution in [3.63, 3.8) is 0 Å². The lowest BCUT2D eigenvalue weighted by atomic mass is 10.1. The zero-order valence-electron chi connectivity index (χ0n) is 10.2. The average Bonchev–Trinajstić information content (AvgIpc) is 2.46. The lowest BCUT2D eigenvalue weighted by Crippen LogP contribution is -2.04. The van der Waals surface area contributed by atoms with Gasteiger partial charge in [0.2, 0.25) is 0 Å². The molecule has 0 spiro atoms. The number of nitriles is 1. The summed E-state index contributed by atoms with van der Waals surface area (Å²) in [5.41, 5.74) is 2.98. The maximum Gasteiger partial charge on any atom is 0.166 e. The highest BCUT2D eigenvalue weighted by Gasteiger charge is 2.02. The Morgan fingerprint density at radius 2 is 1.89 bits per heavy atom. The maximum atomic E-state index is 8.93. The van der Waals surface area contributed by atoms with E-state index in [4.69, 9.17) is 5.26 Å². The summed E-state index contributed by atoms with van der Waals surface area (Å²) in [7, 11) is 0. The van der Waals surface area contributed by atoms with Crippen molar-refractivity contribution in [1.29, 1.82) is 5.26 Å². The van der Waals surface area contributed by atoms with Crippen molar-refractivity contribution in [3.05, 3.63) is 53.2 Å². The summed E-state index contributed by atoms with van der Waals surface area (Å²) in [4.78, 5) is 0. The molecule has 0 unspecified atom stereocenters. The molecule has 1 aromatic heterocycles. The number of aryl methyl sites for hydroxylation is 1. The first kappa shape index (κ1) is 12.1. The van der Waals surface area contributed by atoms with Crippen LogP contribution >= 0.6 is 0 Å². The van der Waals surface area contributed by atoms with Gasteiger partial charge in [-0.05, 0) is 23.6 Å². The Morgan fingerprint density at radius 1 is 1.17 bits per heavy atom. The topological polar surface area (TPSA) is 61.6 Å². The Balaban J connectivity index is 2.05. The molecule has 0 fully saturated rings. The molecule has 0 aliphatic rings. The van der Waals surface area contributed by atoms with Crippen LogP contribution in [0.25, 0.3) is 0 Å². The quantitative estimate of drug-likeness (QED) is 0.889. The summed E-state index contributed by atoms with van der Waals surface area (Å²) in [5, 5.41) is 19.7. The predicted molar refractivity (Wildman–Crippen MR) is 69.9 cm³/mol. The van der Waals surface area contributed by atoms with Gasteiger partial charge in [-0.15, -0.1) is 5.10 Å². The number of aromatic nitrogens is 2. The van der Waals surface area contributed by atoms with Crippen molar-refractivity contribution in [1.82, 2.24) is 10.2 Å². The minimum absolute atomic E-state index is 0.509. The molecule has 4 heteroatoms. The van der Waals surface area contributed by atoms with Gasteiger partial charge in [-0.3, -0.25) is 0 Å². The van der Waals surface area contributed by atoms with E-state index in [0.29, 0.717) is 17.9 Å². The Kier molecular flexibility index (Phi) is 3.87. The number of benzene rings is 1. The van der Waals surface area contributed by atoms with Gasteiger partial charge in [-0.25, -0.2) is 0 Å². The van der Waals surface area contributed by atoms with Crippen molar-refractivity contribution in [2.24, 2.45) is 0 Å². The zero-order valence-corrected chi connectivity index (χ0v) is 10.2. The number of anilines is 1. The van der Waals surface area contributed by atoms with E-state index in [0.717, 1.165) is 12.0 Å². The molecule has 90 valence electrons. The van der Waals surface area contributed by atoms with Crippen molar-refractivity contribution in [3.8, 4) is 6.07 Å². The summed E-state index contributed by atoms with van der Waals surface area (Å²) in [6, 6.07) is 12.1. The van der Waals surface area contributed by atoms with Gasteiger partial charge in [0.05, 0.1) is 11.8 Å². The van der Waals surface area contributed by atoms with Crippen LogP contribution in [0.1, 0.15) is 23.6 Å². The molecule has 1 aromatic carbocycles. The second-order valence-corrected chi connectivity index (χ2v) is 3.93. The third-order valence-electron chi connectivity index (χ3n) is 2.73. The first-order chi connectivity index (χ1) is 8.83. The summed E-state index contributed by atoms with van der Waals surface area (Å²) in [6.45, 7) is 2.77. The van der Waals surface area contributed by atoms with Crippen LogP contribution in [0.3, 0.4) is 0 Å². The van der Waals surface area contributed by atoms with Gasteiger partial charge in [0.1, 0.15) is 6.07 Å². The van der Waals surface area contributed by atoms with Crippen LogP contribution in [-0.4, -0.2) is 10.2 Å². The van der Waals surface area contributed by atoms with Crippen molar-refractivity contribution in [2.45, 2.75) is 19.9 Å². The first-order valence-corrected chi connectivity index (χ1v) is 5.87. The van der Waals surface area contributed by atoms with E-state index in [-0.39, 0.29) is 0 Å². The van der Waals surface area contributed by atoms with E-state index in [1.54, 1.807) is 6.07 Å². The van der Waals surface area contributed by atoms with E-state index in [1.807, 2.05) is 0 Å². The van der Waals surface area contributed by atoms with Crippen molar-refractivity contribution >= 4 is 5.82 Å². The molecule has 1 heterocycles. The molecule has 0 saturated heterocycles. The lowest BCUT2D eigenvalue weighted by Gasteiger charge is -2.06. The molecule has 2 aromatic rings. The molecule has 0 bridgehead atoms. The Morgan fingerprint density at radius 3 is 2.56 bits per heavy atom. The summed E-state index contributed by atoms with van der Waals surface area (Å²) in [6.07, 6.45) is 2.55. The minimum atomic E-state index is 0.509. The van der Waals surface area contributed by atoms with Gasteiger partial charge in [-0.2, -0.15) is 10.4 Å². The molecule has 18 heavy (non-hydrogen) atoms. The highest BCUT2D eigenvalue weighted by atomic mass is 15.2. The fourth-order valence-corrected chi connectivity index (χ4v) is 1.63. The van der Waals surface area contributed by atoms with E-state index in [1.165, 1.54) is 11.8 Å². The van der Waals surface area contributed by atoms with Crippen LogP contribution in [0.15, 0.2) is 36.5 Å². The maximum absolute atomic E-state index is 8.93. The van der Waals surface area contributed by atoms with Gasteiger partial charge in [0.15, 0.2) is 5.82 Å². The number of nitrogens with zero attached hydrogens (tertiary/aromatic N) is 3.